The lowest BCUT2D eigenvalue weighted by Crippen LogP contribution is -2.36. The Morgan fingerprint density at radius 3 is 2.77 bits per heavy atom. The van der Waals surface area contributed by atoms with E-state index in [1.165, 1.54) is 27.0 Å². The quantitative estimate of drug-likeness (QED) is 0.264. The highest BCUT2D eigenvalue weighted by Gasteiger charge is 2.43. The summed E-state index contributed by atoms with van der Waals surface area (Å²) in [5.41, 5.74) is 1.94. The van der Waals surface area contributed by atoms with Crippen LogP contribution in [0.4, 0.5) is 18.9 Å². The highest BCUT2D eigenvalue weighted by Crippen LogP contribution is 2.37. The maximum absolute atomic E-state index is 13.5. The molecule has 4 aromatic rings. The van der Waals surface area contributed by atoms with Crippen LogP contribution in [0.15, 0.2) is 52.2 Å². The molecule has 0 aliphatic carbocycles. The minimum absolute atomic E-state index is 0.217. The van der Waals surface area contributed by atoms with Gasteiger partial charge in [0.1, 0.15) is 15.3 Å². The number of aromatic amines is 1. The van der Waals surface area contributed by atoms with E-state index in [-0.39, 0.29) is 16.8 Å². The first-order chi connectivity index (χ1) is 18.4. The minimum Gasteiger partial charge on any atom is -0.454 e. The molecule has 0 bridgehead atoms. The number of anilines is 1. The standard InChI is InChI=1S/C25H25F3N4O4S3/c1-15(2)32(39(34,35)21-7-4-10-37-21)20-6-3-5-16-11-19(30-22(16)20)23-29-12-18(38-23)14-31-9-8-17(13-31)36-24(33)25(26,27)28/h3-7,10-12,15,17,30H,8-9,13-14H2,1-2H3. The normalized spacial score (nSPS) is 16.8. The van der Waals surface area contributed by atoms with Crippen LogP contribution < -0.4 is 4.31 Å². The zero-order valence-corrected chi connectivity index (χ0v) is 23.4. The molecule has 5 rings (SSSR count). The number of hydrogen-bond donors (Lipinski definition) is 1. The smallest absolute Gasteiger partial charge is 0.454 e. The number of halogens is 3. The van der Waals surface area contributed by atoms with Crippen LogP contribution in [0.25, 0.3) is 21.6 Å². The Kier molecular flexibility index (Phi) is 7.48. The number of rotatable bonds is 8. The summed E-state index contributed by atoms with van der Waals surface area (Å²) in [5.74, 6) is -2.16. The van der Waals surface area contributed by atoms with Crippen molar-refractivity contribution >= 4 is 55.3 Å². The second-order valence-corrected chi connectivity index (χ2v) is 13.5. The number of nitrogens with zero attached hydrogens (tertiary/aromatic N) is 3. The summed E-state index contributed by atoms with van der Waals surface area (Å²) in [7, 11) is -3.77. The van der Waals surface area contributed by atoms with Crippen molar-refractivity contribution in [2.24, 2.45) is 0 Å². The van der Waals surface area contributed by atoms with Gasteiger partial charge in [0.05, 0.1) is 16.9 Å². The number of thiophene rings is 1. The lowest BCUT2D eigenvalue weighted by atomic mass is 10.2. The first-order valence-electron chi connectivity index (χ1n) is 12.1. The van der Waals surface area contributed by atoms with Crippen LogP contribution in [0.1, 0.15) is 25.1 Å². The first-order valence-corrected chi connectivity index (χ1v) is 15.2. The maximum Gasteiger partial charge on any atom is 0.490 e. The number of alkyl halides is 3. The Morgan fingerprint density at radius 2 is 2.08 bits per heavy atom. The molecule has 0 spiro atoms. The molecule has 0 saturated carbocycles. The zero-order valence-electron chi connectivity index (χ0n) is 20.9. The lowest BCUT2D eigenvalue weighted by molar-refractivity contribution is -0.204. The molecule has 1 saturated heterocycles. The molecular weight excluding hydrogens is 573 g/mol. The van der Waals surface area contributed by atoms with Crippen molar-refractivity contribution in [2.75, 3.05) is 17.4 Å². The maximum atomic E-state index is 13.5. The number of likely N-dealkylation sites (tertiary alicyclic amines) is 1. The van der Waals surface area contributed by atoms with Gasteiger partial charge in [-0.25, -0.2) is 18.2 Å². The lowest BCUT2D eigenvalue weighted by Gasteiger charge is -2.28. The molecule has 39 heavy (non-hydrogen) atoms. The zero-order chi connectivity index (χ0) is 27.9. The van der Waals surface area contributed by atoms with Crippen molar-refractivity contribution in [3.05, 3.63) is 52.9 Å². The molecule has 14 heteroatoms. The molecule has 208 valence electrons. The van der Waals surface area contributed by atoms with E-state index >= 15 is 0 Å². The highest BCUT2D eigenvalue weighted by molar-refractivity contribution is 7.94. The Balaban J connectivity index is 1.35. The van der Waals surface area contributed by atoms with Crippen molar-refractivity contribution in [3.63, 3.8) is 0 Å². The van der Waals surface area contributed by atoms with E-state index in [1.54, 1.807) is 29.8 Å². The third-order valence-corrected chi connectivity index (χ3v) is 10.6. The third-order valence-electron chi connectivity index (χ3n) is 6.25. The van der Waals surface area contributed by atoms with Gasteiger partial charge in [-0.3, -0.25) is 9.21 Å². The summed E-state index contributed by atoms with van der Waals surface area (Å²) in [6.07, 6.45) is -3.75. The number of nitrogens with one attached hydrogen (secondary N) is 1. The molecule has 3 aromatic heterocycles. The summed E-state index contributed by atoms with van der Waals surface area (Å²) in [6.45, 7) is 4.84. The molecule has 1 atom stereocenters. The molecule has 1 unspecified atom stereocenters. The number of fused-ring (bicyclic) bond motifs is 1. The number of thiazole rings is 1. The van der Waals surface area contributed by atoms with E-state index in [4.69, 9.17) is 0 Å². The highest BCUT2D eigenvalue weighted by atomic mass is 32.2. The van der Waals surface area contributed by atoms with Gasteiger partial charge in [0.25, 0.3) is 10.0 Å². The van der Waals surface area contributed by atoms with Crippen molar-refractivity contribution in [1.82, 2.24) is 14.9 Å². The summed E-state index contributed by atoms with van der Waals surface area (Å²) < 4.78 is 70.7. The number of esters is 1. The summed E-state index contributed by atoms with van der Waals surface area (Å²) in [5, 5.41) is 3.26. The van der Waals surface area contributed by atoms with Crippen molar-refractivity contribution in [3.8, 4) is 10.7 Å². The van der Waals surface area contributed by atoms with Gasteiger partial charge in [0.15, 0.2) is 0 Å². The van der Waals surface area contributed by atoms with Gasteiger partial charge in [0, 0.05) is 42.1 Å². The number of ether oxygens (including phenoxy) is 1. The number of benzene rings is 1. The fourth-order valence-corrected chi connectivity index (χ4v) is 8.29. The number of aromatic nitrogens is 2. The van der Waals surface area contributed by atoms with E-state index in [9.17, 15) is 26.4 Å². The number of carbonyl (C=O) groups is 1. The largest absolute Gasteiger partial charge is 0.490 e. The third kappa shape index (κ3) is 5.69. The van der Waals surface area contributed by atoms with E-state index in [2.05, 4.69) is 14.7 Å². The van der Waals surface area contributed by atoms with Gasteiger partial charge in [-0.15, -0.1) is 22.7 Å². The SMILES string of the molecule is CC(C)N(c1cccc2cc(-c3ncc(CN4CCC(OC(=O)C(F)(F)F)C4)s3)[nH]c12)S(=O)(=O)c1cccs1. The monoisotopic (exact) mass is 598 g/mol. The van der Waals surface area contributed by atoms with E-state index < -0.39 is 28.3 Å². The van der Waals surface area contributed by atoms with E-state index in [0.29, 0.717) is 35.7 Å². The Labute approximate surface area is 231 Å². The molecule has 1 aliphatic heterocycles. The molecule has 8 nitrogen and oxygen atoms in total. The van der Waals surface area contributed by atoms with Crippen LogP contribution in [-0.2, 0) is 26.1 Å². The van der Waals surface area contributed by atoms with Gasteiger partial charge in [-0.2, -0.15) is 13.2 Å². The molecule has 1 aliphatic rings. The summed E-state index contributed by atoms with van der Waals surface area (Å²) in [4.78, 5) is 21.8. The molecule has 0 radical (unpaired) electrons. The number of para-hydroxylation sites is 1. The van der Waals surface area contributed by atoms with Crippen LogP contribution in [0.3, 0.4) is 0 Å². The molecule has 1 fully saturated rings. The molecular formula is C25H25F3N4O4S3. The van der Waals surface area contributed by atoms with Crippen molar-refractivity contribution < 1.29 is 31.1 Å². The second-order valence-electron chi connectivity index (χ2n) is 9.43. The number of H-pyrrole nitrogens is 1. The van der Waals surface area contributed by atoms with E-state index in [1.807, 2.05) is 36.9 Å². The van der Waals surface area contributed by atoms with Gasteiger partial charge in [-0.05, 0) is 43.8 Å². The van der Waals surface area contributed by atoms with Crippen molar-refractivity contribution in [2.45, 2.75) is 49.3 Å². The van der Waals surface area contributed by atoms with Crippen LogP contribution in [-0.4, -0.2) is 60.7 Å². The van der Waals surface area contributed by atoms with Gasteiger partial charge >= 0.3 is 12.1 Å². The Hall–Kier alpha value is -2.94. The average molecular weight is 599 g/mol. The van der Waals surface area contributed by atoms with E-state index in [0.717, 1.165) is 16.0 Å². The molecule has 4 heterocycles. The predicted molar refractivity (Wildman–Crippen MR) is 144 cm³/mol. The fraction of sp³-hybridized carbons (Fsp3) is 0.360. The second kappa shape index (κ2) is 10.6. The Bertz CT molecular complexity index is 1580. The fourth-order valence-electron chi connectivity index (χ4n) is 4.61. The molecule has 1 N–H and O–H groups in total. The average Bonchev–Trinajstić information content (AvgIpc) is 3.65. The predicted octanol–water partition coefficient (Wildman–Crippen LogP) is 5.64. The molecule has 0 amide bonds. The number of sulfonamides is 1. The van der Waals surface area contributed by atoms with Gasteiger partial charge < -0.3 is 9.72 Å². The molecule has 1 aromatic carbocycles. The van der Waals surface area contributed by atoms with Gasteiger partial charge in [-0.1, -0.05) is 18.2 Å². The summed E-state index contributed by atoms with van der Waals surface area (Å²) in [6, 6.07) is 10.4. The Morgan fingerprint density at radius 1 is 1.28 bits per heavy atom. The van der Waals surface area contributed by atoms with Crippen LogP contribution in [0.5, 0.6) is 0 Å². The first kappa shape index (κ1) is 27.6. The van der Waals surface area contributed by atoms with Crippen LogP contribution in [0, 0.1) is 0 Å². The minimum atomic E-state index is -5.00. The summed E-state index contributed by atoms with van der Waals surface area (Å²) >= 11 is 2.60. The topological polar surface area (TPSA) is 95.6 Å². The van der Waals surface area contributed by atoms with Crippen LogP contribution in [0.2, 0.25) is 0 Å². The number of hydrogen-bond acceptors (Lipinski definition) is 8. The number of carbonyl (C=O) groups excluding carboxylic acids is 1. The van der Waals surface area contributed by atoms with Gasteiger partial charge in [0.2, 0.25) is 0 Å². The van der Waals surface area contributed by atoms with Crippen molar-refractivity contribution in [1.29, 1.82) is 0 Å². The van der Waals surface area contributed by atoms with Crippen LogP contribution >= 0.6 is 22.7 Å².